The lowest BCUT2D eigenvalue weighted by atomic mass is 10.0. The van der Waals surface area contributed by atoms with Crippen LogP contribution in [-0.2, 0) is 6.54 Å². The van der Waals surface area contributed by atoms with Crippen molar-refractivity contribution in [3.05, 3.63) is 93.0 Å². The molecule has 4 rings (SSSR count). The molecule has 0 unspecified atom stereocenters. The number of piperidine rings is 1. The number of nitro benzene ring substituents is 1. The third kappa shape index (κ3) is 7.15. The number of ether oxygens (including phenoxy) is 1. The first-order chi connectivity index (χ1) is 17.8. The maximum Gasteiger partial charge on any atom is 0.292 e. The van der Waals surface area contributed by atoms with Gasteiger partial charge in [0.25, 0.3) is 5.69 Å². The van der Waals surface area contributed by atoms with Crippen LogP contribution in [0.4, 0.5) is 11.4 Å². The summed E-state index contributed by atoms with van der Waals surface area (Å²) in [5.41, 5.74) is 4.46. The number of benzene rings is 3. The zero-order valence-corrected chi connectivity index (χ0v) is 21.4. The van der Waals surface area contributed by atoms with E-state index in [-0.39, 0.29) is 22.4 Å². The normalized spacial score (nSPS) is 13.8. The molecular weight excluding hydrogens is 468 g/mol. The second-order valence-corrected chi connectivity index (χ2v) is 9.21. The van der Waals surface area contributed by atoms with Crippen LogP contribution in [0.2, 0.25) is 0 Å². The molecule has 1 aliphatic rings. The van der Waals surface area contributed by atoms with Crippen molar-refractivity contribution in [2.75, 3.05) is 18.4 Å². The third-order valence-corrected chi connectivity index (χ3v) is 6.51. The quantitative estimate of drug-likeness (QED) is 0.216. The van der Waals surface area contributed by atoms with Crippen molar-refractivity contribution in [1.29, 1.82) is 5.26 Å². The van der Waals surface area contributed by atoms with E-state index in [1.807, 2.05) is 56.3 Å². The lowest BCUT2D eigenvalue weighted by Crippen LogP contribution is -2.38. The Morgan fingerprint density at radius 2 is 1.70 bits per heavy atom. The molecule has 192 valence electrons. The van der Waals surface area contributed by atoms with Crippen LogP contribution in [-0.4, -0.2) is 34.7 Å². The number of para-hydroxylation sites is 1. The van der Waals surface area contributed by atoms with Gasteiger partial charge in [-0.3, -0.25) is 19.8 Å². The summed E-state index contributed by atoms with van der Waals surface area (Å²) in [6.07, 6.45) is 1.76. The Morgan fingerprint density at radius 1 is 1.08 bits per heavy atom. The van der Waals surface area contributed by atoms with Crippen LogP contribution in [0.1, 0.15) is 46.8 Å². The average molecular weight is 501 g/mol. The molecule has 8 nitrogen and oxygen atoms in total. The Labute approximate surface area is 217 Å². The molecule has 0 spiro atoms. The molecule has 37 heavy (non-hydrogen) atoms. The maximum absolute atomic E-state index is 11.7. The van der Waals surface area contributed by atoms with Gasteiger partial charge in [0.15, 0.2) is 5.78 Å². The van der Waals surface area contributed by atoms with E-state index in [4.69, 9.17) is 10.00 Å². The van der Waals surface area contributed by atoms with E-state index < -0.39 is 0 Å². The molecule has 0 atom stereocenters. The van der Waals surface area contributed by atoms with Crippen LogP contribution >= 0.6 is 0 Å². The first kappa shape index (κ1) is 27.4. The van der Waals surface area contributed by atoms with Crippen LogP contribution in [0.5, 0.6) is 11.5 Å². The molecule has 1 N–H and O–H groups in total. The van der Waals surface area contributed by atoms with Gasteiger partial charge in [-0.2, -0.15) is 0 Å². The van der Waals surface area contributed by atoms with Gasteiger partial charge in [-0.05, 0) is 56.4 Å². The van der Waals surface area contributed by atoms with Crippen molar-refractivity contribution in [3.8, 4) is 18.1 Å². The largest absolute Gasteiger partial charge is 0.457 e. The van der Waals surface area contributed by atoms with E-state index in [0.717, 1.165) is 54.9 Å². The first-order valence-electron chi connectivity index (χ1n) is 12.2. The number of nitrogens with one attached hydrogen (secondary N) is 1. The summed E-state index contributed by atoms with van der Waals surface area (Å²) in [4.78, 5) is 25.1. The van der Waals surface area contributed by atoms with Crippen LogP contribution in [0.3, 0.4) is 0 Å². The number of carbonyl (C=O) groups is 1. The summed E-state index contributed by atoms with van der Waals surface area (Å²) in [5.74, 6) is 1.42. The highest BCUT2D eigenvalue weighted by molar-refractivity contribution is 5.94. The summed E-state index contributed by atoms with van der Waals surface area (Å²) < 4.78 is 6.12. The fourth-order valence-electron chi connectivity index (χ4n) is 4.49. The summed E-state index contributed by atoms with van der Waals surface area (Å²) in [7, 11) is 0. The highest BCUT2D eigenvalue weighted by atomic mass is 16.6. The van der Waals surface area contributed by atoms with Crippen LogP contribution in [0.25, 0.3) is 0 Å². The molecule has 0 radical (unpaired) electrons. The van der Waals surface area contributed by atoms with Gasteiger partial charge in [0.05, 0.1) is 4.92 Å². The van der Waals surface area contributed by atoms with E-state index in [1.165, 1.54) is 11.6 Å². The Kier molecular flexibility index (Phi) is 9.36. The lowest BCUT2D eigenvalue weighted by molar-refractivity contribution is -0.384. The van der Waals surface area contributed by atoms with Crippen LogP contribution in [0, 0.1) is 35.8 Å². The monoisotopic (exact) mass is 500 g/mol. The Balaban J connectivity index is 0.00000186. The highest BCUT2D eigenvalue weighted by Crippen LogP contribution is 2.35. The van der Waals surface area contributed by atoms with Gasteiger partial charge in [0.2, 0.25) is 0 Å². The number of rotatable bonds is 8. The van der Waals surface area contributed by atoms with Crippen molar-refractivity contribution in [1.82, 2.24) is 4.90 Å². The molecule has 8 heteroatoms. The standard InChI is InChI=1S/C28H31N3O4.CHN/c1-19-5-4-6-20(2)28(19)35-25-11-12-27(31(33)34)26(17-25)29-24-13-15-30(16-14-24)18-22-7-9-23(10-8-22)21(3)32;1-2/h4-12,17,24,29H,13-16,18H2,1-3H3;1H. The second-order valence-electron chi connectivity index (χ2n) is 9.21. The van der Waals surface area contributed by atoms with Crippen molar-refractivity contribution in [2.24, 2.45) is 0 Å². The number of Topliss-reactive ketones (excluding diaryl/α,β-unsaturated/α-hetero) is 1. The van der Waals surface area contributed by atoms with E-state index in [2.05, 4.69) is 16.8 Å². The number of carbonyl (C=O) groups excluding carboxylic acids is 1. The number of nitriles is 1. The molecule has 3 aromatic rings. The molecule has 1 heterocycles. The number of nitro groups is 1. The van der Waals surface area contributed by atoms with E-state index in [0.29, 0.717) is 11.4 Å². The number of ketones is 1. The average Bonchev–Trinajstić information content (AvgIpc) is 2.89. The zero-order valence-electron chi connectivity index (χ0n) is 21.4. The molecule has 1 fully saturated rings. The van der Waals surface area contributed by atoms with Crippen molar-refractivity contribution < 1.29 is 14.5 Å². The molecule has 0 saturated carbocycles. The van der Waals surface area contributed by atoms with Gasteiger partial charge < -0.3 is 10.1 Å². The first-order valence-corrected chi connectivity index (χ1v) is 12.2. The Hall–Kier alpha value is -4.22. The lowest BCUT2D eigenvalue weighted by Gasteiger charge is -2.32. The van der Waals surface area contributed by atoms with Gasteiger partial charge in [-0.15, -0.1) is 0 Å². The Bertz CT molecular complexity index is 1240. The van der Waals surface area contributed by atoms with E-state index in [9.17, 15) is 14.9 Å². The predicted octanol–water partition coefficient (Wildman–Crippen LogP) is 6.42. The highest BCUT2D eigenvalue weighted by Gasteiger charge is 2.23. The minimum absolute atomic E-state index is 0.0480. The zero-order chi connectivity index (χ0) is 26.9. The minimum atomic E-state index is -0.356. The van der Waals surface area contributed by atoms with Gasteiger partial charge in [0.1, 0.15) is 17.2 Å². The topological polar surface area (TPSA) is 108 Å². The molecule has 0 aliphatic carbocycles. The van der Waals surface area contributed by atoms with Gasteiger partial charge in [-0.1, -0.05) is 42.5 Å². The van der Waals surface area contributed by atoms with Crippen LogP contribution in [0.15, 0.2) is 60.7 Å². The molecule has 3 aromatic carbocycles. The molecule has 0 amide bonds. The van der Waals surface area contributed by atoms with Gasteiger partial charge in [0, 0.05) is 49.9 Å². The van der Waals surface area contributed by atoms with Crippen LogP contribution < -0.4 is 10.1 Å². The third-order valence-electron chi connectivity index (χ3n) is 6.51. The summed E-state index contributed by atoms with van der Waals surface area (Å²) in [6.45, 7) is 11.6. The fourth-order valence-corrected chi connectivity index (χ4v) is 4.49. The number of hydrogen-bond donors (Lipinski definition) is 1. The van der Waals surface area contributed by atoms with Crippen molar-refractivity contribution in [2.45, 2.75) is 46.2 Å². The number of anilines is 1. The number of aryl methyl sites for hydroxylation is 2. The van der Waals surface area contributed by atoms with Crippen molar-refractivity contribution >= 4 is 17.2 Å². The molecular formula is C29H32N4O4. The SMILES string of the molecule is C#N.CC(=O)c1ccc(CN2CCC(Nc3cc(Oc4c(C)cccc4C)ccc3[N+](=O)[O-])CC2)cc1. The number of nitrogens with zero attached hydrogens (tertiary/aromatic N) is 3. The maximum atomic E-state index is 11.7. The Morgan fingerprint density at radius 3 is 2.27 bits per heavy atom. The summed E-state index contributed by atoms with van der Waals surface area (Å²) in [6, 6.07) is 18.7. The predicted molar refractivity (Wildman–Crippen MR) is 144 cm³/mol. The summed E-state index contributed by atoms with van der Waals surface area (Å²) in [5, 5.41) is 21.6. The van der Waals surface area contributed by atoms with E-state index >= 15 is 0 Å². The molecule has 0 bridgehead atoms. The van der Waals surface area contributed by atoms with Gasteiger partial charge in [-0.25, -0.2) is 5.26 Å². The molecule has 1 saturated heterocycles. The van der Waals surface area contributed by atoms with E-state index in [1.54, 1.807) is 19.1 Å². The van der Waals surface area contributed by atoms with Crippen molar-refractivity contribution in [3.63, 3.8) is 0 Å². The smallest absolute Gasteiger partial charge is 0.292 e. The molecule has 0 aromatic heterocycles. The fraction of sp³-hybridized carbons (Fsp3) is 0.310. The number of hydrogen-bond acceptors (Lipinski definition) is 7. The van der Waals surface area contributed by atoms with Gasteiger partial charge >= 0.3 is 0 Å². The summed E-state index contributed by atoms with van der Waals surface area (Å²) >= 11 is 0. The number of likely N-dealkylation sites (tertiary alicyclic amines) is 1. The minimum Gasteiger partial charge on any atom is -0.457 e. The molecule has 1 aliphatic heterocycles. The second kappa shape index (κ2) is 12.7.